The summed E-state index contributed by atoms with van der Waals surface area (Å²) in [5.74, 6) is -0.621. The monoisotopic (exact) mass is 307 g/mol. The second-order valence-electron chi connectivity index (χ2n) is 3.89. The van der Waals surface area contributed by atoms with Crippen LogP contribution in [0.5, 0.6) is 11.8 Å². The minimum atomic E-state index is -0.926. The zero-order chi connectivity index (χ0) is 16.3. The first-order valence-electron chi connectivity index (χ1n) is 5.72. The van der Waals surface area contributed by atoms with Gasteiger partial charge in [-0.1, -0.05) is 0 Å². The van der Waals surface area contributed by atoms with E-state index in [9.17, 15) is 20.2 Å². The van der Waals surface area contributed by atoms with Gasteiger partial charge in [0, 0.05) is 17.7 Å². The van der Waals surface area contributed by atoms with Crippen LogP contribution in [0.2, 0.25) is 0 Å². The Bertz CT molecular complexity index is 750. The van der Waals surface area contributed by atoms with E-state index in [1.165, 1.54) is 20.3 Å². The Morgan fingerprint density at radius 1 is 1.05 bits per heavy atom. The number of rotatable bonds is 5. The van der Waals surface area contributed by atoms with Gasteiger partial charge in [-0.05, 0) is 9.91 Å². The summed E-state index contributed by atoms with van der Waals surface area (Å²) in [7, 11) is 2.71. The van der Waals surface area contributed by atoms with Crippen molar-refractivity contribution in [1.82, 2.24) is 15.2 Å². The molecular formula is C11H9N5O6. The second-order valence-corrected chi connectivity index (χ2v) is 3.89. The van der Waals surface area contributed by atoms with Crippen LogP contribution in [0.4, 0.5) is 11.5 Å². The SMILES string of the molecule is COc1cc(-c2cnc([N+](=O)[O-])c([N+](=O)[O-])c2)c(OC)nn1. The molecular weight excluding hydrogens is 298 g/mol. The molecule has 0 saturated carbocycles. The van der Waals surface area contributed by atoms with Crippen molar-refractivity contribution in [2.45, 2.75) is 0 Å². The second kappa shape index (κ2) is 5.95. The van der Waals surface area contributed by atoms with Crippen LogP contribution in [-0.2, 0) is 0 Å². The van der Waals surface area contributed by atoms with Gasteiger partial charge in [-0.3, -0.25) is 10.1 Å². The van der Waals surface area contributed by atoms with Gasteiger partial charge in [0.25, 0.3) is 0 Å². The molecule has 11 heteroatoms. The summed E-state index contributed by atoms with van der Waals surface area (Å²) in [6.07, 6.45) is 1.12. The Labute approximate surface area is 122 Å². The standard InChI is InChI=1S/C11H9N5O6/c1-21-9-4-7(11(22-2)14-13-9)6-3-8(15(17)18)10(12-5-6)16(19)20/h3-5H,1-2H3. The third-order valence-electron chi connectivity index (χ3n) is 2.67. The molecule has 2 heterocycles. The van der Waals surface area contributed by atoms with Crippen LogP contribution in [0, 0.1) is 20.2 Å². The number of nitrogens with zero attached hydrogens (tertiary/aromatic N) is 5. The van der Waals surface area contributed by atoms with Crippen LogP contribution < -0.4 is 9.47 Å². The smallest absolute Gasteiger partial charge is 0.442 e. The molecule has 2 aromatic rings. The molecule has 0 fully saturated rings. The van der Waals surface area contributed by atoms with Gasteiger partial charge < -0.3 is 19.6 Å². The Morgan fingerprint density at radius 2 is 1.77 bits per heavy atom. The van der Waals surface area contributed by atoms with Crippen LogP contribution >= 0.6 is 0 Å². The minimum Gasteiger partial charge on any atom is -0.480 e. The normalized spacial score (nSPS) is 10.1. The van der Waals surface area contributed by atoms with Crippen LogP contribution in [0.3, 0.4) is 0 Å². The van der Waals surface area contributed by atoms with Gasteiger partial charge in [0.05, 0.1) is 24.7 Å². The number of ether oxygens (including phenoxy) is 2. The van der Waals surface area contributed by atoms with E-state index in [-0.39, 0.29) is 17.3 Å². The summed E-state index contributed by atoms with van der Waals surface area (Å²) < 4.78 is 9.94. The van der Waals surface area contributed by atoms with Gasteiger partial charge >= 0.3 is 11.5 Å². The van der Waals surface area contributed by atoms with Crippen LogP contribution in [-0.4, -0.2) is 39.2 Å². The van der Waals surface area contributed by atoms with Crippen molar-refractivity contribution in [2.75, 3.05) is 14.2 Å². The molecule has 22 heavy (non-hydrogen) atoms. The first-order valence-corrected chi connectivity index (χ1v) is 5.72. The minimum absolute atomic E-state index is 0.0748. The van der Waals surface area contributed by atoms with E-state index in [4.69, 9.17) is 9.47 Å². The lowest BCUT2D eigenvalue weighted by atomic mass is 10.1. The number of hydrogen-bond donors (Lipinski definition) is 0. The summed E-state index contributed by atoms with van der Waals surface area (Å²) >= 11 is 0. The van der Waals surface area contributed by atoms with E-state index in [2.05, 4.69) is 15.2 Å². The summed E-state index contributed by atoms with van der Waals surface area (Å²) in [5, 5.41) is 29.2. The average Bonchev–Trinajstić information content (AvgIpc) is 2.53. The fraction of sp³-hybridized carbons (Fsp3) is 0.182. The maximum Gasteiger partial charge on any atom is 0.442 e. The zero-order valence-corrected chi connectivity index (χ0v) is 11.4. The average molecular weight is 307 g/mol. The Hall–Kier alpha value is -3.37. The molecule has 0 radical (unpaired) electrons. The molecule has 0 unspecified atom stereocenters. The molecule has 0 aromatic carbocycles. The highest BCUT2D eigenvalue weighted by Crippen LogP contribution is 2.34. The van der Waals surface area contributed by atoms with Crippen molar-refractivity contribution in [1.29, 1.82) is 0 Å². The van der Waals surface area contributed by atoms with Crippen molar-refractivity contribution >= 4 is 11.5 Å². The molecule has 0 aliphatic heterocycles. The largest absolute Gasteiger partial charge is 0.480 e. The fourth-order valence-electron chi connectivity index (χ4n) is 1.69. The van der Waals surface area contributed by atoms with E-state index in [0.29, 0.717) is 5.56 Å². The molecule has 0 aliphatic rings. The van der Waals surface area contributed by atoms with Gasteiger partial charge in [-0.25, -0.2) is 0 Å². The third kappa shape index (κ3) is 2.72. The van der Waals surface area contributed by atoms with Crippen LogP contribution in [0.1, 0.15) is 0 Å². The lowest BCUT2D eigenvalue weighted by Gasteiger charge is -2.07. The first kappa shape index (κ1) is 15.0. The van der Waals surface area contributed by atoms with Gasteiger partial charge in [0.1, 0.15) is 6.20 Å². The highest BCUT2D eigenvalue weighted by Gasteiger charge is 2.27. The van der Waals surface area contributed by atoms with Crippen molar-refractivity contribution in [2.24, 2.45) is 0 Å². The third-order valence-corrected chi connectivity index (χ3v) is 2.67. The van der Waals surface area contributed by atoms with Gasteiger partial charge in [0.15, 0.2) is 0 Å². The van der Waals surface area contributed by atoms with Crippen molar-refractivity contribution in [3.63, 3.8) is 0 Å². The highest BCUT2D eigenvalue weighted by atomic mass is 16.6. The molecule has 114 valence electrons. The maximum absolute atomic E-state index is 11.0. The maximum atomic E-state index is 11.0. The van der Waals surface area contributed by atoms with E-state index in [1.807, 2.05) is 0 Å². The quantitative estimate of drug-likeness (QED) is 0.590. The number of hydrogen-bond acceptors (Lipinski definition) is 9. The molecule has 2 rings (SSSR count). The number of pyridine rings is 1. The molecule has 0 amide bonds. The van der Waals surface area contributed by atoms with Crippen LogP contribution in [0.15, 0.2) is 18.3 Å². The molecule has 0 aliphatic carbocycles. The summed E-state index contributed by atoms with van der Waals surface area (Å²) in [4.78, 5) is 23.4. The first-order chi connectivity index (χ1) is 10.5. The Kier molecular flexibility index (Phi) is 4.06. The fourth-order valence-corrected chi connectivity index (χ4v) is 1.69. The molecule has 11 nitrogen and oxygen atoms in total. The molecule has 0 saturated heterocycles. The van der Waals surface area contributed by atoms with Crippen molar-refractivity contribution < 1.29 is 19.3 Å². The lowest BCUT2D eigenvalue weighted by Crippen LogP contribution is -2.01. The van der Waals surface area contributed by atoms with E-state index in [1.54, 1.807) is 0 Å². The van der Waals surface area contributed by atoms with E-state index in [0.717, 1.165) is 12.3 Å². The van der Waals surface area contributed by atoms with Crippen LogP contribution in [0.25, 0.3) is 11.1 Å². The lowest BCUT2D eigenvalue weighted by molar-refractivity contribution is -0.425. The van der Waals surface area contributed by atoms with Gasteiger partial charge in [-0.15, -0.1) is 10.2 Å². The molecule has 0 atom stereocenters. The highest BCUT2D eigenvalue weighted by molar-refractivity contribution is 5.72. The molecule has 0 spiro atoms. The number of aromatic nitrogens is 3. The van der Waals surface area contributed by atoms with Gasteiger partial charge in [-0.2, -0.15) is 0 Å². The Morgan fingerprint density at radius 3 is 2.32 bits per heavy atom. The number of nitro groups is 2. The number of methoxy groups -OCH3 is 2. The van der Waals surface area contributed by atoms with E-state index >= 15 is 0 Å². The predicted octanol–water partition coefficient (Wildman–Crippen LogP) is 1.37. The molecule has 0 bridgehead atoms. The summed E-state index contributed by atoms with van der Waals surface area (Å²) in [5.41, 5.74) is -0.220. The van der Waals surface area contributed by atoms with Crippen molar-refractivity contribution in [3.8, 4) is 22.9 Å². The summed E-state index contributed by atoms with van der Waals surface area (Å²) in [6.45, 7) is 0. The zero-order valence-electron chi connectivity index (χ0n) is 11.4. The molecule has 0 N–H and O–H groups in total. The predicted molar refractivity (Wildman–Crippen MR) is 71.7 cm³/mol. The topological polar surface area (TPSA) is 143 Å². The Balaban J connectivity index is 2.65. The molecule has 2 aromatic heterocycles. The van der Waals surface area contributed by atoms with Gasteiger partial charge in [0.2, 0.25) is 11.8 Å². The van der Waals surface area contributed by atoms with E-state index < -0.39 is 21.4 Å². The summed E-state index contributed by atoms with van der Waals surface area (Å²) in [6, 6.07) is 2.45. The van der Waals surface area contributed by atoms with Crippen molar-refractivity contribution in [3.05, 3.63) is 38.6 Å².